The Morgan fingerprint density at radius 1 is 1.33 bits per heavy atom. The molecule has 80 valence electrons. The van der Waals surface area contributed by atoms with Gasteiger partial charge in [0.15, 0.2) is 0 Å². The third-order valence-electron chi connectivity index (χ3n) is 3.51. The van der Waals surface area contributed by atoms with E-state index in [1.165, 1.54) is 23.3 Å². The van der Waals surface area contributed by atoms with Gasteiger partial charge >= 0.3 is 0 Å². The molecule has 2 heterocycles. The van der Waals surface area contributed by atoms with Gasteiger partial charge in [-0.1, -0.05) is 25.1 Å². The van der Waals surface area contributed by atoms with Crippen molar-refractivity contribution in [3.63, 3.8) is 0 Å². The van der Waals surface area contributed by atoms with Crippen molar-refractivity contribution in [2.75, 3.05) is 6.61 Å². The molecule has 1 aromatic carbocycles. The summed E-state index contributed by atoms with van der Waals surface area (Å²) in [4.78, 5) is 1.42. The molecule has 1 saturated heterocycles. The Morgan fingerprint density at radius 2 is 2.20 bits per heavy atom. The van der Waals surface area contributed by atoms with Crippen molar-refractivity contribution in [2.24, 2.45) is 5.92 Å². The second-order valence-electron chi connectivity index (χ2n) is 4.46. The van der Waals surface area contributed by atoms with Crippen LogP contribution in [0.2, 0.25) is 0 Å². The van der Waals surface area contributed by atoms with Gasteiger partial charge in [0.1, 0.15) is 0 Å². The fraction of sp³-hybridized carbons (Fsp3) is 0.538. The predicted molar refractivity (Wildman–Crippen MR) is 63.2 cm³/mol. The normalized spacial score (nSPS) is 34.3. The van der Waals surface area contributed by atoms with Gasteiger partial charge < -0.3 is 4.74 Å². The van der Waals surface area contributed by atoms with E-state index in [-0.39, 0.29) is 0 Å². The topological polar surface area (TPSA) is 9.23 Å². The average molecular weight is 220 g/mol. The van der Waals surface area contributed by atoms with Gasteiger partial charge in [-0.15, -0.1) is 11.8 Å². The van der Waals surface area contributed by atoms with Crippen LogP contribution < -0.4 is 0 Å². The molecule has 2 aliphatic heterocycles. The summed E-state index contributed by atoms with van der Waals surface area (Å²) >= 11 is 2.02. The maximum absolute atomic E-state index is 5.97. The number of benzene rings is 1. The van der Waals surface area contributed by atoms with Crippen LogP contribution in [0.15, 0.2) is 29.2 Å². The lowest BCUT2D eigenvalue weighted by Crippen LogP contribution is -2.32. The van der Waals surface area contributed by atoms with Crippen molar-refractivity contribution in [3.05, 3.63) is 29.8 Å². The molecular weight excluding hydrogens is 204 g/mol. The van der Waals surface area contributed by atoms with Gasteiger partial charge in [-0.2, -0.15) is 0 Å². The summed E-state index contributed by atoms with van der Waals surface area (Å²) in [6, 6.07) is 8.72. The van der Waals surface area contributed by atoms with E-state index in [2.05, 4.69) is 31.2 Å². The number of ether oxygens (including phenoxy) is 1. The van der Waals surface area contributed by atoms with Gasteiger partial charge in [0, 0.05) is 22.7 Å². The Balaban J connectivity index is 2.02. The molecule has 15 heavy (non-hydrogen) atoms. The second-order valence-corrected chi connectivity index (χ2v) is 5.88. The van der Waals surface area contributed by atoms with Crippen LogP contribution in [0, 0.1) is 5.92 Å². The van der Waals surface area contributed by atoms with Gasteiger partial charge in [-0.05, 0) is 24.5 Å². The summed E-state index contributed by atoms with van der Waals surface area (Å²) in [6.45, 7) is 3.28. The quantitative estimate of drug-likeness (QED) is 0.660. The van der Waals surface area contributed by atoms with Crippen molar-refractivity contribution < 1.29 is 4.74 Å². The van der Waals surface area contributed by atoms with E-state index in [0.717, 1.165) is 12.5 Å². The molecule has 1 nitrogen and oxygen atoms in total. The molecule has 0 radical (unpaired) electrons. The van der Waals surface area contributed by atoms with E-state index in [1.54, 1.807) is 0 Å². The minimum Gasteiger partial charge on any atom is -0.373 e. The predicted octanol–water partition coefficient (Wildman–Crippen LogP) is 3.65. The van der Waals surface area contributed by atoms with E-state index in [1.807, 2.05) is 11.8 Å². The van der Waals surface area contributed by atoms with Gasteiger partial charge in [-0.25, -0.2) is 0 Å². The highest BCUT2D eigenvalue weighted by atomic mass is 32.2. The summed E-state index contributed by atoms with van der Waals surface area (Å²) < 4.78 is 5.97. The maximum atomic E-state index is 5.97. The van der Waals surface area contributed by atoms with Crippen molar-refractivity contribution in [3.8, 4) is 0 Å². The number of hydrogen-bond donors (Lipinski definition) is 0. The Bertz CT molecular complexity index is 363. The van der Waals surface area contributed by atoms with Crippen LogP contribution in [-0.4, -0.2) is 11.9 Å². The third kappa shape index (κ3) is 1.60. The zero-order valence-corrected chi connectivity index (χ0v) is 9.80. The first-order valence-electron chi connectivity index (χ1n) is 5.73. The number of fused-ring (bicyclic) bond motifs is 3. The Kier molecular flexibility index (Phi) is 2.49. The van der Waals surface area contributed by atoms with Crippen molar-refractivity contribution in [1.29, 1.82) is 0 Å². The highest BCUT2D eigenvalue weighted by Crippen LogP contribution is 2.49. The lowest BCUT2D eigenvalue weighted by Gasteiger charge is -2.40. The molecule has 2 heteroatoms. The molecule has 0 unspecified atom stereocenters. The molecule has 3 rings (SSSR count). The fourth-order valence-electron chi connectivity index (χ4n) is 2.72. The first kappa shape index (κ1) is 9.73. The highest BCUT2D eigenvalue weighted by molar-refractivity contribution is 8.00. The molecule has 0 spiro atoms. The maximum Gasteiger partial charge on any atom is 0.0874 e. The molecule has 0 N–H and O–H groups in total. The molecule has 3 atom stereocenters. The molecule has 0 bridgehead atoms. The van der Waals surface area contributed by atoms with Gasteiger partial charge in [-0.3, -0.25) is 0 Å². The van der Waals surface area contributed by atoms with E-state index < -0.39 is 0 Å². The zero-order chi connectivity index (χ0) is 10.3. The van der Waals surface area contributed by atoms with Crippen LogP contribution in [0.1, 0.15) is 31.4 Å². The summed E-state index contributed by atoms with van der Waals surface area (Å²) in [7, 11) is 0. The van der Waals surface area contributed by atoms with Crippen LogP contribution in [0.5, 0.6) is 0 Å². The molecule has 0 amide bonds. The smallest absolute Gasteiger partial charge is 0.0874 e. The van der Waals surface area contributed by atoms with Crippen LogP contribution in [0.25, 0.3) is 0 Å². The monoisotopic (exact) mass is 220 g/mol. The standard InChI is InChI=1S/C13H16OS/c1-9-10-6-4-8-14-13(10)11-5-2-3-7-12(11)15-9/h2-3,5,7,9-10,13H,4,6,8H2,1H3/t9-,10-,13+/m0/s1. The van der Waals surface area contributed by atoms with E-state index in [0.29, 0.717) is 11.4 Å². The Hall–Kier alpha value is -0.470. The van der Waals surface area contributed by atoms with Crippen LogP contribution in [-0.2, 0) is 4.74 Å². The van der Waals surface area contributed by atoms with Gasteiger partial charge in [0.25, 0.3) is 0 Å². The molecule has 0 aliphatic carbocycles. The van der Waals surface area contributed by atoms with Crippen molar-refractivity contribution in [2.45, 2.75) is 36.0 Å². The van der Waals surface area contributed by atoms with Gasteiger partial charge in [0.2, 0.25) is 0 Å². The zero-order valence-electron chi connectivity index (χ0n) is 8.98. The molecule has 0 saturated carbocycles. The molecule has 0 aromatic heterocycles. The minimum atomic E-state index is 0.367. The summed E-state index contributed by atoms with van der Waals surface area (Å²) in [5.41, 5.74) is 1.42. The van der Waals surface area contributed by atoms with E-state index in [4.69, 9.17) is 4.74 Å². The summed E-state index contributed by atoms with van der Waals surface area (Å²) in [6.07, 6.45) is 2.92. The third-order valence-corrected chi connectivity index (χ3v) is 4.86. The second kappa shape index (κ2) is 3.84. The highest BCUT2D eigenvalue weighted by Gasteiger charge is 2.37. The van der Waals surface area contributed by atoms with Gasteiger partial charge in [0.05, 0.1) is 6.10 Å². The lowest BCUT2D eigenvalue weighted by atomic mass is 9.87. The first-order chi connectivity index (χ1) is 7.36. The lowest BCUT2D eigenvalue weighted by molar-refractivity contribution is -0.0308. The first-order valence-corrected chi connectivity index (χ1v) is 6.61. The van der Waals surface area contributed by atoms with E-state index >= 15 is 0 Å². The van der Waals surface area contributed by atoms with E-state index in [9.17, 15) is 0 Å². The Labute approximate surface area is 95.2 Å². The van der Waals surface area contributed by atoms with Crippen LogP contribution in [0.4, 0.5) is 0 Å². The molecule has 2 aliphatic rings. The summed E-state index contributed by atoms with van der Waals surface area (Å²) in [5, 5.41) is 0.699. The number of hydrogen-bond acceptors (Lipinski definition) is 2. The number of thioether (sulfide) groups is 1. The SMILES string of the molecule is C[C@@H]1Sc2ccccc2[C@@H]2OCCC[C@@H]12. The minimum absolute atomic E-state index is 0.367. The molecule has 1 aromatic rings. The van der Waals surface area contributed by atoms with Crippen molar-refractivity contribution in [1.82, 2.24) is 0 Å². The van der Waals surface area contributed by atoms with Crippen molar-refractivity contribution >= 4 is 11.8 Å². The van der Waals surface area contributed by atoms with Crippen LogP contribution in [0.3, 0.4) is 0 Å². The molecular formula is C13H16OS. The average Bonchev–Trinajstić information content (AvgIpc) is 2.30. The Morgan fingerprint density at radius 3 is 3.13 bits per heavy atom. The van der Waals surface area contributed by atoms with Crippen LogP contribution >= 0.6 is 11.8 Å². The largest absolute Gasteiger partial charge is 0.373 e. The molecule has 1 fully saturated rings. The summed E-state index contributed by atoms with van der Waals surface area (Å²) in [5.74, 6) is 0.721. The fourth-order valence-corrected chi connectivity index (χ4v) is 4.05. The number of rotatable bonds is 0.